The van der Waals surface area contributed by atoms with Gasteiger partial charge in [-0.1, -0.05) is 5.16 Å². The van der Waals surface area contributed by atoms with Crippen molar-refractivity contribution < 1.29 is 4.52 Å². The number of hydrogen-bond acceptors (Lipinski definition) is 4. The van der Waals surface area contributed by atoms with Crippen LogP contribution in [0.5, 0.6) is 0 Å². The van der Waals surface area contributed by atoms with Crippen LogP contribution in [0.3, 0.4) is 0 Å². The van der Waals surface area contributed by atoms with E-state index in [0.717, 1.165) is 22.5 Å². The third-order valence-electron chi connectivity index (χ3n) is 2.71. The zero-order valence-electron chi connectivity index (χ0n) is 8.03. The summed E-state index contributed by atoms with van der Waals surface area (Å²) in [6.07, 6.45) is 2.42. The second kappa shape index (κ2) is 2.57. The SMILES string of the molecule is Cn1nc(CN)c2c(C3CC3)noc21. The molecule has 0 amide bonds. The van der Waals surface area contributed by atoms with Gasteiger partial charge < -0.3 is 10.3 Å². The van der Waals surface area contributed by atoms with Crippen molar-refractivity contribution in [2.75, 3.05) is 0 Å². The maximum atomic E-state index is 5.63. The van der Waals surface area contributed by atoms with Crippen LogP contribution in [0, 0.1) is 0 Å². The van der Waals surface area contributed by atoms with Gasteiger partial charge in [-0.25, -0.2) is 4.68 Å². The number of rotatable bonds is 2. The van der Waals surface area contributed by atoms with Gasteiger partial charge >= 0.3 is 0 Å². The molecule has 14 heavy (non-hydrogen) atoms. The molecule has 0 radical (unpaired) electrons. The van der Waals surface area contributed by atoms with E-state index in [1.165, 1.54) is 12.8 Å². The summed E-state index contributed by atoms with van der Waals surface area (Å²) in [5, 5.41) is 9.43. The van der Waals surface area contributed by atoms with Crippen LogP contribution in [0.4, 0.5) is 0 Å². The fraction of sp³-hybridized carbons (Fsp3) is 0.556. The minimum atomic E-state index is 0.443. The Hall–Kier alpha value is -1.36. The Labute approximate surface area is 80.8 Å². The fourth-order valence-corrected chi connectivity index (χ4v) is 1.84. The number of fused-ring (bicyclic) bond motifs is 1. The van der Waals surface area contributed by atoms with Gasteiger partial charge in [0, 0.05) is 19.5 Å². The van der Waals surface area contributed by atoms with E-state index in [0.29, 0.717) is 12.5 Å². The van der Waals surface area contributed by atoms with Crippen molar-refractivity contribution in [1.82, 2.24) is 14.9 Å². The third-order valence-corrected chi connectivity index (χ3v) is 2.71. The molecule has 2 aromatic heterocycles. The summed E-state index contributed by atoms with van der Waals surface area (Å²) < 4.78 is 6.96. The first-order valence-electron chi connectivity index (χ1n) is 4.82. The molecule has 0 atom stereocenters. The molecule has 0 unspecified atom stereocenters. The lowest BCUT2D eigenvalue weighted by molar-refractivity contribution is 0.424. The Bertz CT molecular complexity index is 480. The highest BCUT2D eigenvalue weighted by Crippen LogP contribution is 2.43. The largest absolute Gasteiger partial charge is 0.336 e. The van der Waals surface area contributed by atoms with E-state index >= 15 is 0 Å². The highest BCUT2D eigenvalue weighted by molar-refractivity contribution is 5.80. The number of aryl methyl sites for hydroxylation is 1. The molecule has 3 rings (SSSR count). The van der Waals surface area contributed by atoms with Crippen molar-refractivity contribution >= 4 is 11.1 Å². The lowest BCUT2D eigenvalue weighted by atomic mass is 10.2. The molecule has 74 valence electrons. The quantitative estimate of drug-likeness (QED) is 0.767. The van der Waals surface area contributed by atoms with E-state index in [-0.39, 0.29) is 0 Å². The molecule has 1 aliphatic rings. The van der Waals surface area contributed by atoms with Crippen molar-refractivity contribution in [3.8, 4) is 0 Å². The molecule has 2 N–H and O–H groups in total. The van der Waals surface area contributed by atoms with Crippen molar-refractivity contribution in [3.63, 3.8) is 0 Å². The van der Waals surface area contributed by atoms with E-state index in [4.69, 9.17) is 10.3 Å². The molecule has 5 heteroatoms. The lowest BCUT2D eigenvalue weighted by Crippen LogP contribution is -2.00. The maximum absolute atomic E-state index is 5.63. The van der Waals surface area contributed by atoms with Crippen molar-refractivity contribution in [3.05, 3.63) is 11.4 Å². The van der Waals surface area contributed by atoms with Crippen molar-refractivity contribution in [2.24, 2.45) is 12.8 Å². The Kier molecular flexibility index (Phi) is 1.47. The van der Waals surface area contributed by atoms with E-state index in [1.807, 2.05) is 7.05 Å². The topological polar surface area (TPSA) is 69.9 Å². The first-order chi connectivity index (χ1) is 6.81. The lowest BCUT2D eigenvalue weighted by Gasteiger charge is -1.90. The van der Waals surface area contributed by atoms with Gasteiger partial charge in [-0.15, -0.1) is 0 Å². The van der Waals surface area contributed by atoms with Crippen LogP contribution in [0.2, 0.25) is 0 Å². The molecule has 0 aromatic carbocycles. The molecule has 2 heterocycles. The summed E-state index contributed by atoms with van der Waals surface area (Å²) in [6, 6.07) is 0. The third kappa shape index (κ3) is 0.928. The molecule has 0 bridgehead atoms. The molecular formula is C9H12N4O. The van der Waals surface area contributed by atoms with E-state index < -0.39 is 0 Å². The van der Waals surface area contributed by atoms with Crippen LogP contribution in [0.25, 0.3) is 11.1 Å². The molecule has 1 saturated carbocycles. The van der Waals surface area contributed by atoms with Gasteiger partial charge in [0.2, 0.25) is 0 Å². The summed E-state index contributed by atoms with van der Waals surface area (Å²) in [5.41, 5.74) is 8.32. The monoisotopic (exact) mass is 192 g/mol. The van der Waals surface area contributed by atoms with Crippen LogP contribution in [-0.4, -0.2) is 14.9 Å². The second-order valence-electron chi connectivity index (χ2n) is 3.80. The van der Waals surface area contributed by atoms with Crippen LogP contribution in [0.15, 0.2) is 4.52 Å². The normalized spacial score (nSPS) is 16.7. The predicted molar refractivity (Wildman–Crippen MR) is 50.6 cm³/mol. The fourth-order valence-electron chi connectivity index (χ4n) is 1.84. The van der Waals surface area contributed by atoms with E-state index in [1.54, 1.807) is 4.68 Å². The highest BCUT2D eigenvalue weighted by Gasteiger charge is 2.31. The van der Waals surface area contributed by atoms with Crippen LogP contribution < -0.4 is 5.73 Å². The predicted octanol–water partition coefficient (Wildman–Crippen LogP) is 0.897. The number of nitrogens with two attached hydrogens (primary N) is 1. The van der Waals surface area contributed by atoms with Crippen LogP contribution in [-0.2, 0) is 13.6 Å². The summed E-state index contributed by atoms with van der Waals surface area (Å²) in [6.45, 7) is 0.443. The summed E-state index contributed by atoms with van der Waals surface area (Å²) in [5.74, 6) is 0.575. The van der Waals surface area contributed by atoms with Gasteiger partial charge in [0.25, 0.3) is 5.71 Å². The first kappa shape index (κ1) is 7.99. The molecule has 1 fully saturated rings. The number of aromatic nitrogens is 3. The number of hydrogen-bond donors (Lipinski definition) is 1. The summed E-state index contributed by atoms with van der Waals surface area (Å²) in [4.78, 5) is 0. The molecular weight excluding hydrogens is 180 g/mol. The Balaban J connectivity index is 2.29. The Morgan fingerprint density at radius 2 is 2.36 bits per heavy atom. The molecule has 0 spiro atoms. The van der Waals surface area contributed by atoms with E-state index in [9.17, 15) is 0 Å². The van der Waals surface area contributed by atoms with Crippen LogP contribution in [0.1, 0.15) is 30.1 Å². The molecule has 0 aliphatic heterocycles. The minimum absolute atomic E-state index is 0.443. The van der Waals surface area contributed by atoms with Gasteiger partial charge in [0.15, 0.2) is 0 Å². The van der Waals surface area contributed by atoms with Crippen molar-refractivity contribution in [2.45, 2.75) is 25.3 Å². The van der Waals surface area contributed by atoms with Crippen molar-refractivity contribution in [1.29, 1.82) is 0 Å². The summed E-state index contributed by atoms with van der Waals surface area (Å²) >= 11 is 0. The molecule has 2 aromatic rings. The Morgan fingerprint density at radius 3 is 3.00 bits per heavy atom. The van der Waals surface area contributed by atoms with Crippen LogP contribution >= 0.6 is 0 Å². The standard InChI is InChI=1S/C9H12N4O/c1-13-9-7(6(4-10)11-13)8(12-14-9)5-2-3-5/h5H,2-4,10H2,1H3. The first-order valence-corrected chi connectivity index (χ1v) is 4.82. The zero-order chi connectivity index (χ0) is 9.71. The van der Waals surface area contributed by atoms with Gasteiger partial charge in [-0.3, -0.25) is 0 Å². The highest BCUT2D eigenvalue weighted by atomic mass is 16.5. The molecule has 1 aliphatic carbocycles. The average molecular weight is 192 g/mol. The minimum Gasteiger partial charge on any atom is -0.336 e. The smallest absolute Gasteiger partial charge is 0.256 e. The second-order valence-corrected chi connectivity index (χ2v) is 3.80. The Morgan fingerprint density at radius 1 is 1.57 bits per heavy atom. The maximum Gasteiger partial charge on any atom is 0.256 e. The summed E-state index contributed by atoms with van der Waals surface area (Å²) in [7, 11) is 1.85. The van der Waals surface area contributed by atoms with Gasteiger partial charge in [-0.05, 0) is 12.8 Å². The van der Waals surface area contributed by atoms with E-state index in [2.05, 4.69) is 10.3 Å². The van der Waals surface area contributed by atoms with Gasteiger partial charge in [0.1, 0.15) is 0 Å². The zero-order valence-corrected chi connectivity index (χ0v) is 8.03. The molecule has 0 saturated heterocycles. The van der Waals surface area contributed by atoms with Gasteiger partial charge in [0.05, 0.1) is 16.8 Å². The van der Waals surface area contributed by atoms with Gasteiger partial charge in [-0.2, -0.15) is 5.10 Å². The average Bonchev–Trinajstić information content (AvgIpc) is 2.84. The molecule has 5 nitrogen and oxygen atoms in total. The number of nitrogens with zero attached hydrogens (tertiary/aromatic N) is 3.